The molecule has 1 amide bonds. The molecule has 2 aromatic rings. The largest absolute Gasteiger partial charge is 0.353 e. The van der Waals surface area contributed by atoms with Crippen LogP contribution in [0.15, 0.2) is 23.7 Å². The number of nitrogens with zero attached hydrogens (tertiary/aromatic N) is 2. The number of carbonyl (C=O) groups excluding carboxylic acids is 1. The molecule has 0 spiro atoms. The molecule has 0 saturated carbocycles. The fourth-order valence-corrected chi connectivity index (χ4v) is 3.82. The lowest BCUT2D eigenvalue weighted by Gasteiger charge is -2.36. The van der Waals surface area contributed by atoms with Crippen molar-refractivity contribution < 1.29 is 9.18 Å². The number of hydrogen-bond acceptors (Lipinski definition) is 4. The van der Waals surface area contributed by atoms with Gasteiger partial charge in [0, 0.05) is 24.5 Å². The Morgan fingerprint density at radius 3 is 2.96 bits per heavy atom. The van der Waals surface area contributed by atoms with Gasteiger partial charge in [-0.2, -0.15) is 0 Å². The summed E-state index contributed by atoms with van der Waals surface area (Å²) in [5.74, 6) is -0.277. The van der Waals surface area contributed by atoms with Crippen molar-refractivity contribution in [1.82, 2.24) is 15.2 Å². The Morgan fingerprint density at radius 1 is 1.43 bits per heavy atom. The topological polar surface area (TPSA) is 45.2 Å². The van der Waals surface area contributed by atoms with Crippen LogP contribution in [0.2, 0.25) is 0 Å². The van der Waals surface area contributed by atoms with E-state index < -0.39 is 0 Å². The second kappa shape index (κ2) is 6.76. The lowest BCUT2D eigenvalue weighted by molar-refractivity contribution is -0.129. The molecule has 1 fully saturated rings. The normalized spacial score (nSPS) is 18.9. The molecule has 0 radical (unpaired) electrons. The number of benzene rings is 1. The minimum Gasteiger partial charge on any atom is -0.353 e. The molecule has 1 N–H and O–H groups in total. The van der Waals surface area contributed by atoms with E-state index in [0.717, 1.165) is 36.3 Å². The summed E-state index contributed by atoms with van der Waals surface area (Å²) in [4.78, 5) is 20.1. The average molecular weight is 333 g/mol. The van der Waals surface area contributed by atoms with Crippen LogP contribution in [0, 0.1) is 19.7 Å². The first kappa shape index (κ1) is 16.1. The van der Waals surface area contributed by atoms with Crippen molar-refractivity contribution in [3.8, 4) is 0 Å². The summed E-state index contributed by atoms with van der Waals surface area (Å²) < 4.78 is 13.4. The number of thiazole rings is 1. The van der Waals surface area contributed by atoms with E-state index in [2.05, 4.69) is 15.2 Å². The summed E-state index contributed by atoms with van der Waals surface area (Å²) in [7, 11) is 0. The smallest absolute Gasteiger partial charge is 0.242 e. The number of piperazine rings is 1. The molecule has 4 nitrogen and oxygen atoms in total. The molecule has 1 aliphatic heterocycles. The Bertz CT molecular complexity index is 716. The van der Waals surface area contributed by atoms with Gasteiger partial charge in [-0.05, 0) is 43.5 Å². The molecule has 1 saturated heterocycles. The zero-order valence-electron chi connectivity index (χ0n) is 13.3. The van der Waals surface area contributed by atoms with Crippen LogP contribution in [0.4, 0.5) is 4.39 Å². The van der Waals surface area contributed by atoms with Crippen molar-refractivity contribution in [2.75, 3.05) is 19.6 Å². The Morgan fingerprint density at radius 2 is 2.26 bits per heavy atom. The summed E-state index contributed by atoms with van der Waals surface area (Å²) in [6.07, 6.45) is 0.876. The molecule has 1 aromatic carbocycles. The molecule has 6 heteroatoms. The van der Waals surface area contributed by atoms with Crippen LogP contribution in [0.25, 0.3) is 0 Å². The van der Waals surface area contributed by atoms with Crippen molar-refractivity contribution in [3.63, 3.8) is 0 Å². The first-order chi connectivity index (χ1) is 11.1. The van der Waals surface area contributed by atoms with Crippen molar-refractivity contribution in [3.05, 3.63) is 51.2 Å². The van der Waals surface area contributed by atoms with Crippen molar-refractivity contribution in [1.29, 1.82) is 0 Å². The number of hydrogen-bond donors (Lipinski definition) is 1. The molecular formula is C17H20FN3OS. The lowest BCUT2D eigenvalue weighted by atomic mass is 9.97. The van der Waals surface area contributed by atoms with Gasteiger partial charge in [0.2, 0.25) is 5.91 Å². The zero-order valence-corrected chi connectivity index (χ0v) is 14.1. The third-order valence-electron chi connectivity index (χ3n) is 4.31. The minimum atomic E-state index is -0.349. The number of aryl methyl sites for hydroxylation is 2. The molecular weight excluding hydrogens is 313 g/mol. The van der Waals surface area contributed by atoms with Gasteiger partial charge in [0.25, 0.3) is 0 Å². The molecule has 1 aliphatic rings. The Balaban J connectivity index is 1.82. The van der Waals surface area contributed by atoms with Crippen LogP contribution in [-0.2, 0) is 11.2 Å². The van der Waals surface area contributed by atoms with Gasteiger partial charge in [-0.3, -0.25) is 9.69 Å². The highest BCUT2D eigenvalue weighted by Gasteiger charge is 2.32. The van der Waals surface area contributed by atoms with Crippen molar-refractivity contribution in [2.45, 2.75) is 26.3 Å². The fraction of sp³-hybridized carbons (Fsp3) is 0.412. The number of amides is 1. The summed E-state index contributed by atoms with van der Waals surface area (Å²) in [5.41, 5.74) is 4.61. The first-order valence-corrected chi connectivity index (χ1v) is 8.61. The first-order valence-electron chi connectivity index (χ1n) is 7.73. The molecule has 0 aliphatic carbocycles. The van der Waals surface area contributed by atoms with E-state index in [1.165, 1.54) is 17.0 Å². The second-order valence-electron chi connectivity index (χ2n) is 5.84. The molecule has 0 bridgehead atoms. The van der Waals surface area contributed by atoms with Gasteiger partial charge < -0.3 is 5.32 Å². The van der Waals surface area contributed by atoms with Crippen LogP contribution in [-0.4, -0.2) is 35.4 Å². The highest BCUT2D eigenvalue weighted by molar-refractivity contribution is 7.09. The zero-order chi connectivity index (χ0) is 16.4. The average Bonchev–Trinajstić information content (AvgIpc) is 2.91. The van der Waals surface area contributed by atoms with Crippen LogP contribution in [0.1, 0.15) is 27.7 Å². The lowest BCUT2D eigenvalue weighted by Crippen LogP contribution is -2.50. The number of halogens is 1. The van der Waals surface area contributed by atoms with E-state index in [1.807, 2.05) is 19.4 Å². The molecule has 1 unspecified atom stereocenters. The van der Waals surface area contributed by atoms with E-state index in [1.54, 1.807) is 17.4 Å². The maximum atomic E-state index is 13.4. The van der Waals surface area contributed by atoms with Crippen molar-refractivity contribution >= 4 is 17.2 Å². The van der Waals surface area contributed by atoms with Gasteiger partial charge in [0.15, 0.2) is 0 Å². The van der Waals surface area contributed by atoms with E-state index in [4.69, 9.17) is 0 Å². The van der Waals surface area contributed by atoms with E-state index in [9.17, 15) is 9.18 Å². The molecule has 23 heavy (non-hydrogen) atoms. The fourth-order valence-electron chi connectivity index (χ4n) is 3.05. The maximum Gasteiger partial charge on any atom is 0.242 e. The Kier molecular flexibility index (Phi) is 4.73. The summed E-state index contributed by atoms with van der Waals surface area (Å²) in [5, 5.41) is 2.92. The SMILES string of the molecule is Cc1cc(F)ccc1C1C(=O)NCCN1CCc1scnc1C. The summed E-state index contributed by atoms with van der Waals surface area (Å²) >= 11 is 1.65. The Hall–Kier alpha value is -1.79. The van der Waals surface area contributed by atoms with E-state index in [0.29, 0.717) is 6.54 Å². The van der Waals surface area contributed by atoms with Gasteiger partial charge >= 0.3 is 0 Å². The van der Waals surface area contributed by atoms with E-state index >= 15 is 0 Å². The molecule has 1 aromatic heterocycles. The minimum absolute atomic E-state index is 0.00742. The van der Waals surface area contributed by atoms with Crippen molar-refractivity contribution in [2.24, 2.45) is 0 Å². The quantitative estimate of drug-likeness (QED) is 0.935. The highest BCUT2D eigenvalue weighted by atomic mass is 32.1. The predicted molar refractivity (Wildman–Crippen MR) is 89.0 cm³/mol. The second-order valence-corrected chi connectivity index (χ2v) is 6.78. The van der Waals surface area contributed by atoms with Gasteiger partial charge in [0.1, 0.15) is 11.9 Å². The van der Waals surface area contributed by atoms with Crippen LogP contribution in [0.5, 0.6) is 0 Å². The summed E-state index contributed by atoms with van der Waals surface area (Å²) in [6.45, 7) is 6.10. The third kappa shape index (κ3) is 3.43. The molecule has 3 rings (SSSR count). The van der Waals surface area contributed by atoms with Gasteiger partial charge in [-0.1, -0.05) is 6.07 Å². The molecule has 2 heterocycles. The third-order valence-corrected chi connectivity index (χ3v) is 5.30. The standard InChI is InChI=1S/C17H20FN3OS/c1-11-9-13(18)3-4-14(11)16-17(22)19-6-8-21(16)7-5-15-12(2)20-10-23-15/h3-4,9-10,16H,5-8H2,1-2H3,(H,19,22). The summed E-state index contributed by atoms with van der Waals surface area (Å²) in [6, 6.07) is 4.29. The van der Waals surface area contributed by atoms with Crippen LogP contribution in [0.3, 0.4) is 0 Å². The number of rotatable bonds is 4. The Labute approximate surface area is 139 Å². The van der Waals surface area contributed by atoms with Gasteiger partial charge in [0.05, 0.1) is 11.2 Å². The van der Waals surface area contributed by atoms with Gasteiger partial charge in [-0.25, -0.2) is 9.37 Å². The number of nitrogens with one attached hydrogen (secondary N) is 1. The number of aromatic nitrogens is 1. The van der Waals surface area contributed by atoms with Crippen LogP contribution < -0.4 is 5.32 Å². The highest BCUT2D eigenvalue weighted by Crippen LogP contribution is 2.27. The predicted octanol–water partition coefficient (Wildman–Crippen LogP) is 2.61. The van der Waals surface area contributed by atoms with Crippen LogP contribution >= 0.6 is 11.3 Å². The van der Waals surface area contributed by atoms with E-state index in [-0.39, 0.29) is 17.8 Å². The number of carbonyl (C=O) groups is 1. The maximum absolute atomic E-state index is 13.4. The molecule has 122 valence electrons. The van der Waals surface area contributed by atoms with Gasteiger partial charge in [-0.15, -0.1) is 11.3 Å². The molecule has 1 atom stereocenters. The monoisotopic (exact) mass is 333 g/mol.